The number of rotatable bonds is 5. The van der Waals surface area contributed by atoms with Crippen molar-refractivity contribution in [2.45, 2.75) is 44.7 Å². The maximum Gasteiger partial charge on any atom is 0.261 e. The summed E-state index contributed by atoms with van der Waals surface area (Å²) in [6, 6.07) is 8.55. The highest BCUT2D eigenvalue weighted by Crippen LogP contribution is 2.31. The summed E-state index contributed by atoms with van der Waals surface area (Å²) >= 11 is 0. The molecule has 3 aliphatic rings. The first-order chi connectivity index (χ1) is 16.1. The fraction of sp³-hybridized carbons (Fsp3) is 0.440. The van der Waals surface area contributed by atoms with Gasteiger partial charge in [0.1, 0.15) is 5.82 Å². The Labute approximate surface area is 192 Å². The van der Waals surface area contributed by atoms with Gasteiger partial charge in [-0.15, -0.1) is 0 Å². The zero-order valence-electron chi connectivity index (χ0n) is 18.6. The molecule has 0 atom stereocenters. The standard InChI is InChI=1S/C25H28N4O4/c30-23(27-16-18-5-4-10-26-22(18)28-11-13-33-14-12-28)17-8-9-20-21(15-17)25(32)29(24(20)31)19-6-2-1-3-7-19/h4-5,8-10,15,19H,1-3,6-7,11-14,16H2,(H,27,30). The number of morpholine rings is 1. The summed E-state index contributed by atoms with van der Waals surface area (Å²) in [5, 5.41) is 2.94. The van der Waals surface area contributed by atoms with E-state index in [1.165, 1.54) is 4.90 Å². The van der Waals surface area contributed by atoms with Gasteiger partial charge in [0, 0.05) is 43.0 Å². The Balaban J connectivity index is 1.29. The van der Waals surface area contributed by atoms with Crippen molar-refractivity contribution in [3.05, 3.63) is 58.8 Å². The Morgan fingerprint density at radius 3 is 2.58 bits per heavy atom. The van der Waals surface area contributed by atoms with Crippen LogP contribution in [-0.2, 0) is 11.3 Å². The van der Waals surface area contributed by atoms with Crippen molar-refractivity contribution < 1.29 is 19.1 Å². The summed E-state index contributed by atoms with van der Waals surface area (Å²) in [4.78, 5) is 46.9. The number of nitrogens with zero attached hydrogens (tertiary/aromatic N) is 3. The van der Waals surface area contributed by atoms with Crippen LogP contribution in [0.4, 0.5) is 5.82 Å². The van der Waals surface area contributed by atoms with Crippen LogP contribution in [0.15, 0.2) is 36.5 Å². The van der Waals surface area contributed by atoms with E-state index in [2.05, 4.69) is 15.2 Å². The molecule has 2 fully saturated rings. The molecule has 2 aromatic rings. The maximum absolute atomic E-state index is 13.0. The summed E-state index contributed by atoms with van der Waals surface area (Å²) in [6.45, 7) is 3.15. The molecule has 8 nitrogen and oxygen atoms in total. The molecule has 172 valence electrons. The second kappa shape index (κ2) is 9.31. The van der Waals surface area contributed by atoms with Crippen molar-refractivity contribution in [1.29, 1.82) is 0 Å². The molecule has 3 amide bonds. The Bertz CT molecular complexity index is 1070. The average Bonchev–Trinajstić information content (AvgIpc) is 3.13. The number of ether oxygens (including phenoxy) is 1. The van der Waals surface area contributed by atoms with Gasteiger partial charge < -0.3 is 15.0 Å². The number of carbonyl (C=O) groups is 3. The van der Waals surface area contributed by atoms with E-state index in [1.807, 2.05) is 12.1 Å². The van der Waals surface area contributed by atoms with E-state index in [-0.39, 0.29) is 23.8 Å². The SMILES string of the molecule is O=C(NCc1cccnc1N1CCOCC1)c1ccc2c(c1)C(=O)N(C1CCCCC1)C2=O. The van der Waals surface area contributed by atoms with Gasteiger partial charge in [-0.2, -0.15) is 0 Å². The summed E-state index contributed by atoms with van der Waals surface area (Å²) in [5.41, 5.74) is 2.01. The number of imide groups is 1. The molecule has 2 aliphatic heterocycles. The zero-order valence-corrected chi connectivity index (χ0v) is 18.6. The summed E-state index contributed by atoms with van der Waals surface area (Å²) in [5.74, 6) is 0.0441. The summed E-state index contributed by atoms with van der Waals surface area (Å²) < 4.78 is 5.42. The molecule has 3 heterocycles. The lowest BCUT2D eigenvalue weighted by Gasteiger charge is -2.29. The number of hydrogen-bond acceptors (Lipinski definition) is 6. The minimum atomic E-state index is -0.286. The molecule has 0 bridgehead atoms. The molecule has 0 spiro atoms. The zero-order chi connectivity index (χ0) is 22.8. The van der Waals surface area contributed by atoms with Crippen LogP contribution in [-0.4, -0.2) is 60.0 Å². The molecule has 1 aromatic heterocycles. The van der Waals surface area contributed by atoms with Crippen LogP contribution in [0.1, 0.15) is 68.7 Å². The second-order valence-corrected chi connectivity index (χ2v) is 8.80. The van der Waals surface area contributed by atoms with Crippen LogP contribution in [0.5, 0.6) is 0 Å². The first-order valence-electron chi connectivity index (χ1n) is 11.7. The molecular formula is C25H28N4O4. The van der Waals surface area contributed by atoms with Crippen molar-refractivity contribution in [3.63, 3.8) is 0 Å². The molecule has 5 rings (SSSR count). The minimum absolute atomic E-state index is 0.0346. The highest BCUT2D eigenvalue weighted by Gasteiger charge is 2.40. The molecule has 0 radical (unpaired) electrons. The maximum atomic E-state index is 13.0. The normalized spacial score (nSPS) is 19.0. The van der Waals surface area contributed by atoms with Gasteiger partial charge >= 0.3 is 0 Å². The second-order valence-electron chi connectivity index (χ2n) is 8.80. The van der Waals surface area contributed by atoms with E-state index in [1.54, 1.807) is 24.4 Å². The Hall–Kier alpha value is -3.26. The third kappa shape index (κ3) is 4.23. The smallest absolute Gasteiger partial charge is 0.261 e. The topological polar surface area (TPSA) is 91.8 Å². The van der Waals surface area contributed by atoms with Crippen LogP contribution in [0.3, 0.4) is 0 Å². The fourth-order valence-corrected chi connectivity index (χ4v) is 4.98. The van der Waals surface area contributed by atoms with Gasteiger partial charge in [0.25, 0.3) is 17.7 Å². The van der Waals surface area contributed by atoms with Gasteiger partial charge in [0.2, 0.25) is 0 Å². The number of amides is 3. The van der Waals surface area contributed by atoms with E-state index in [9.17, 15) is 14.4 Å². The first-order valence-corrected chi connectivity index (χ1v) is 11.7. The number of nitrogens with one attached hydrogen (secondary N) is 1. The molecule has 1 saturated carbocycles. The lowest BCUT2D eigenvalue weighted by molar-refractivity contribution is 0.0548. The van der Waals surface area contributed by atoms with Crippen molar-refractivity contribution in [2.75, 3.05) is 31.2 Å². The number of benzene rings is 1. The highest BCUT2D eigenvalue weighted by atomic mass is 16.5. The van der Waals surface area contributed by atoms with Crippen LogP contribution in [0, 0.1) is 0 Å². The van der Waals surface area contributed by atoms with E-state index in [4.69, 9.17) is 4.74 Å². The van der Waals surface area contributed by atoms with E-state index in [0.29, 0.717) is 36.4 Å². The molecule has 8 heteroatoms. The third-order valence-electron chi connectivity index (χ3n) is 6.74. The Kier molecular flexibility index (Phi) is 6.09. The van der Waals surface area contributed by atoms with Gasteiger partial charge in [-0.1, -0.05) is 25.3 Å². The van der Waals surface area contributed by atoms with Crippen molar-refractivity contribution in [3.8, 4) is 0 Å². The van der Waals surface area contributed by atoms with Gasteiger partial charge in [-0.3, -0.25) is 19.3 Å². The van der Waals surface area contributed by atoms with Crippen molar-refractivity contribution >= 4 is 23.5 Å². The Morgan fingerprint density at radius 1 is 1.03 bits per heavy atom. The monoisotopic (exact) mass is 448 g/mol. The van der Waals surface area contributed by atoms with Crippen molar-refractivity contribution in [2.24, 2.45) is 0 Å². The van der Waals surface area contributed by atoms with Gasteiger partial charge in [-0.05, 0) is 37.1 Å². The van der Waals surface area contributed by atoms with E-state index in [0.717, 1.165) is 56.6 Å². The third-order valence-corrected chi connectivity index (χ3v) is 6.74. The predicted molar refractivity (Wildman–Crippen MR) is 122 cm³/mol. The van der Waals surface area contributed by atoms with Gasteiger partial charge in [-0.25, -0.2) is 4.98 Å². The molecular weight excluding hydrogens is 420 g/mol. The van der Waals surface area contributed by atoms with Crippen LogP contribution < -0.4 is 10.2 Å². The number of pyridine rings is 1. The summed E-state index contributed by atoms with van der Waals surface area (Å²) in [7, 11) is 0. The minimum Gasteiger partial charge on any atom is -0.378 e. The van der Waals surface area contributed by atoms with Crippen LogP contribution in [0.2, 0.25) is 0 Å². The van der Waals surface area contributed by atoms with E-state index >= 15 is 0 Å². The lowest BCUT2D eigenvalue weighted by atomic mass is 9.94. The van der Waals surface area contributed by atoms with Crippen molar-refractivity contribution in [1.82, 2.24) is 15.2 Å². The lowest BCUT2D eigenvalue weighted by Crippen LogP contribution is -2.40. The molecule has 1 aliphatic carbocycles. The number of anilines is 1. The number of aromatic nitrogens is 1. The van der Waals surface area contributed by atoms with Gasteiger partial charge in [0.15, 0.2) is 0 Å². The van der Waals surface area contributed by atoms with Gasteiger partial charge in [0.05, 0.1) is 24.3 Å². The predicted octanol–water partition coefficient (Wildman–Crippen LogP) is 2.78. The largest absolute Gasteiger partial charge is 0.378 e. The number of fused-ring (bicyclic) bond motifs is 1. The number of hydrogen-bond donors (Lipinski definition) is 1. The quantitative estimate of drug-likeness (QED) is 0.708. The molecule has 1 saturated heterocycles. The molecule has 33 heavy (non-hydrogen) atoms. The highest BCUT2D eigenvalue weighted by molar-refractivity contribution is 6.22. The van der Waals surface area contributed by atoms with E-state index < -0.39 is 0 Å². The molecule has 1 N–H and O–H groups in total. The Morgan fingerprint density at radius 2 is 1.79 bits per heavy atom. The number of carbonyl (C=O) groups excluding carboxylic acids is 3. The average molecular weight is 449 g/mol. The first kappa shape index (κ1) is 21.6. The molecule has 0 unspecified atom stereocenters. The van der Waals surface area contributed by atoms with Crippen LogP contribution >= 0.6 is 0 Å². The molecule has 1 aromatic carbocycles. The van der Waals surface area contributed by atoms with Crippen LogP contribution in [0.25, 0.3) is 0 Å². The fourth-order valence-electron chi connectivity index (χ4n) is 4.98. The summed E-state index contributed by atoms with van der Waals surface area (Å²) in [6.07, 6.45) is 6.68.